The first-order chi connectivity index (χ1) is 8.09. The molecule has 0 spiro atoms. The molecule has 4 heteroatoms. The topological polar surface area (TPSA) is 54.9 Å². The van der Waals surface area contributed by atoms with E-state index in [2.05, 4.69) is 4.98 Å². The highest BCUT2D eigenvalue weighted by Crippen LogP contribution is 2.18. The second-order valence-corrected chi connectivity index (χ2v) is 4.15. The summed E-state index contributed by atoms with van der Waals surface area (Å²) in [5.41, 5.74) is 0.774. The van der Waals surface area contributed by atoms with Crippen molar-refractivity contribution in [3.63, 3.8) is 0 Å². The molecule has 0 aliphatic carbocycles. The van der Waals surface area contributed by atoms with Gasteiger partial charge in [-0.3, -0.25) is 14.3 Å². The summed E-state index contributed by atoms with van der Waals surface area (Å²) in [7, 11) is 0. The summed E-state index contributed by atoms with van der Waals surface area (Å²) in [5.74, 6) is 0. The molecule has 88 valence electrons. The summed E-state index contributed by atoms with van der Waals surface area (Å²) in [6.45, 7) is 3.82. The van der Waals surface area contributed by atoms with Crippen molar-refractivity contribution in [3.05, 3.63) is 57.2 Å². The molecule has 17 heavy (non-hydrogen) atoms. The number of rotatable bonds is 2. The second kappa shape index (κ2) is 4.41. The number of hydrogen-bond donors (Lipinski definition) is 1. The van der Waals surface area contributed by atoms with Crippen LogP contribution in [0.15, 0.2) is 46.0 Å². The fraction of sp³-hybridized carbons (Fsp3) is 0.231. The number of aromatic amines is 1. The molecular formula is C13H14N2O2. The molecule has 0 radical (unpaired) electrons. The molecule has 0 bridgehead atoms. The Morgan fingerprint density at radius 1 is 1.12 bits per heavy atom. The lowest BCUT2D eigenvalue weighted by Gasteiger charge is -2.15. The van der Waals surface area contributed by atoms with Crippen LogP contribution in [0.1, 0.15) is 19.9 Å². The van der Waals surface area contributed by atoms with Crippen molar-refractivity contribution in [1.82, 2.24) is 9.55 Å². The minimum Gasteiger partial charge on any atom is -0.291 e. The molecule has 0 saturated carbocycles. The molecule has 0 aliphatic heterocycles. The average Bonchev–Trinajstić information content (AvgIpc) is 2.28. The summed E-state index contributed by atoms with van der Waals surface area (Å²) >= 11 is 0. The maximum Gasteiger partial charge on any atom is 0.329 e. The number of nitrogens with one attached hydrogen (secondary N) is 1. The first-order valence-electron chi connectivity index (χ1n) is 5.51. The minimum atomic E-state index is -0.370. The monoisotopic (exact) mass is 230 g/mol. The van der Waals surface area contributed by atoms with Crippen molar-refractivity contribution < 1.29 is 0 Å². The van der Waals surface area contributed by atoms with Crippen LogP contribution in [0, 0.1) is 0 Å². The zero-order chi connectivity index (χ0) is 12.4. The van der Waals surface area contributed by atoms with Gasteiger partial charge in [-0.05, 0) is 19.4 Å². The molecule has 1 aromatic heterocycles. The Bertz CT molecular complexity index is 624. The normalized spacial score (nSPS) is 10.8. The summed E-state index contributed by atoms with van der Waals surface area (Å²) in [5, 5.41) is 0. The van der Waals surface area contributed by atoms with Crippen molar-refractivity contribution in [2.75, 3.05) is 0 Å². The van der Waals surface area contributed by atoms with Crippen LogP contribution in [-0.2, 0) is 0 Å². The number of nitrogens with zero attached hydrogens (tertiary/aromatic N) is 1. The third-order valence-corrected chi connectivity index (χ3v) is 2.56. The molecule has 0 aliphatic rings. The lowest BCUT2D eigenvalue weighted by atomic mass is 10.1. The van der Waals surface area contributed by atoms with E-state index in [1.807, 2.05) is 44.2 Å². The first kappa shape index (κ1) is 11.4. The largest absolute Gasteiger partial charge is 0.329 e. The van der Waals surface area contributed by atoms with E-state index >= 15 is 0 Å². The van der Waals surface area contributed by atoms with E-state index in [1.165, 1.54) is 6.07 Å². The van der Waals surface area contributed by atoms with E-state index in [4.69, 9.17) is 0 Å². The van der Waals surface area contributed by atoms with Gasteiger partial charge in [-0.1, -0.05) is 30.3 Å². The van der Waals surface area contributed by atoms with E-state index in [-0.39, 0.29) is 17.3 Å². The first-order valence-corrected chi connectivity index (χ1v) is 5.51. The predicted octanol–water partition coefficient (Wildman–Crippen LogP) is 1.78. The Morgan fingerprint density at radius 2 is 1.76 bits per heavy atom. The van der Waals surface area contributed by atoms with Gasteiger partial charge in [0.2, 0.25) is 0 Å². The maximum absolute atomic E-state index is 11.8. The Balaban J connectivity index is 2.77. The average molecular weight is 230 g/mol. The molecule has 4 nitrogen and oxygen atoms in total. The van der Waals surface area contributed by atoms with Gasteiger partial charge in [-0.15, -0.1) is 0 Å². The predicted molar refractivity (Wildman–Crippen MR) is 67.1 cm³/mol. The van der Waals surface area contributed by atoms with Crippen LogP contribution < -0.4 is 11.2 Å². The Kier molecular flexibility index (Phi) is 2.95. The summed E-state index contributed by atoms with van der Waals surface area (Å²) in [4.78, 5) is 25.5. The van der Waals surface area contributed by atoms with Gasteiger partial charge in [0, 0.05) is 12.1 Å². The molecule has 0 amide bonds. The third kappa shape index (κ3) is 2.20. The quantitative estimate of drug-likeness (QED) is 0.855. The summed E-state index contributed by atoms with van der Waals surface area (Å²) < 4.78 is 1.58. The molecule has 1 heterocycles. The fourth-order valence-electron chi connectivity index (χ4n) is 1.85. The van der Waals surface area contributed by atoms with Gasteiger partial charge in [0.05, 0.1) is 5.69 Å². The molecule has 1 N–H and O–H groups in total. The highest BCUT2D eigenvalue weighted by Gasteiger charge is 2.10. The van der Waals surface area contributed by atoms with E-state index < -0.39 is 0 Å². The van der Waals surface area contributed by atoms with Crippen LogP contribution >= 0.6 is 0 Å². The molecule has 0 fully saturated rings. The summed E-state index contributed by atoms with van der Waals surface area (Å²) in [6.07, 6.45) is 0. The fourth-order valence-corrected chi connectivity index (χ4v) is 1.85. The van der Waals surface area contributed by atoms with E-state index in [0.717, 1.165) is 5.56 Å². The zero-order valence-electron chi connectivity index (χ0n) is 9.81. The van der Waals surface area contributed by atoms with Crippen molar-refractivity contribution in [2.45, 2.75) is 19.9 Å². The smallest absolute Gasteiger partial charge is 0.291 e. The van der Waals surface area contributed by atoms with E-state index in [1.54, 1.807) is 4.57 Å². The lowest BCUT2D eigenvalue weighted by Crippen LogP contribution is -2.31. The molecule has 0 saturated heterocycles. The van der Waals surface area contributed by atoms with E-state index in [9.17, 15) is 9.59 Å². The van der Waals surface area contributed by atoms with Crippen molar-refractivity contribution in [1.29, 1.82) is 0 Å². The van der Waals surface area contributed by atoms with Gasteiger partial charge in [-0.25, -0.2) is 4.79 Å². The number of H-pyrrole nitrogens is 1. The molecule has 2 rings (SSSR count). The Labute approximate surface area is 98.6 Å². The lowest BCUT2D eigenvalue weighted by molar-refractivity contribution is 0.568. The van der Waals surface area contributed by atoms with Crippen LogP contribution in [0.3, 0.4) is 0 Å². The molecule has 0 atom stereocenters. The zero-order valence-corrected chi connectivity index (χ0v) is 9.81. The van der Waals surface area contributed by atoms with Gasteiger partial charge < -0.3 is 0 Å². The third-order valence-electron chi connectivity index (χ3n) is 2.56. The molecular weight excluding hydrogens is 216 g/mol. The van der Waals surface area contributed by atoms with Crippen LogP contribution in [0.2, 0.25) is 0 Å². The van der Waals surface area contributed by atoms with Crippen molar-refractivity contribution >= 4 is 0 Å². The van der Waals surface area contributed by atoms with Crippen molar-refractivity contribution in [3.8, 4) is 11.3 Å². The number of aromatic nitrogens is 2. The molecule has 1 aromatic carbocycles. The van der Waals surface area contributed by atoms with Gasteiger partial charge >= 0.3 is 5.69 Å². The standard InChI is InChI=1S/C13H14N2O2/c1-9(2)15-11(8-12(16)14-13(15)17)10-6-4-3-5-7-10/h3-9H,1-2H3,(H,14,16,17). The molecule has 2 aromatic rings. The van der Waals surface area contributed by atoms with Gasteiger partial charge in [0.15, 0.2) is 0 Å². The Hall–Kier alpha value is -2.10. The van der Waals surface area contributed by atoms with Crippen molar-refractivity contribution in [2.24, 2.45) is 0 Å². The molecule has 0 unspecified atom stereocenters. The number of benzene rings is 1. The minimum absolute atomic E-state index is 0.00504. The van der Waals surface area contributed by atoms with Gasteiger partial charge in [0.25, 0.3) is 5.56 Å². The highest BCUT2D eigenvalue weighted by atomic mass is 16.2. The Morgan fingerprint density at radius 3 is 2.35 bits per heavy atom. The van der Waals surface area contributed by atoms with Crippen LogP contribution in [-0.4, -0.2) is 9.55 Å². The van der Waals surface area contributed by atoms with E-state index in [0.29, 0.717) is 5.69 Å². The van der Waals surface area contributed by atoms with Crippen LogP contribution in [0.5, 0.6) is 0 Å². The SMILES string of the molecule is CC(C)n1c(-c2ccccc2)cc(=O)[nH]c1=O. The highest BCUT2D eigenvalue weighted by molar-refractivity contribution is 5.58. The van der Waals surface area contributed by atoms with Crippen LogP contribution in [0.25, 0.3) is 11.3 Å². The van der Waals surface area contributed by atoms with Crippen LogP contribution in [0.4, 0.5) is 0 Å². The maximum atomic E-state index is 11.8. The van der Waals surface area contributed by atoms with Gasteiger partial charge in [-0.2, -0.15) is 0 Å². The second-order valence-electron chi connectivity index (χ2n) is 4.15. The summed E-state index contributed by atoms with van der Waals surface area (Å²) in [6, 6.07) is 10.9. The number of hydrogen-bond acceptors (Lipinski definition) is 2. The van der Waals surface area contributed by atoms with Gasteiger partial charge in [0.1, 0.15) is 0 Å².